The molecule has 2 amide bonds. The van der Waals surface area contributed by atoms with Gasteiger partial charge in [-0.1, -0.05) is 24.3 Å². The van der Waals surface area contributed by atoms with Gasteiger partial charge < -0.3 is 19.8 Å². The van der Waals surface area contributed by atoms with Crippen molar-refractivity contribution in [2.24, 2.45) is 0 Å². The standard InChI is InChI=1S/C21H17F3N2O4/c22-21(23,24)14-5-4-6-15(11-14)26-19(27)12-25-20(28)18-10-9-17(30-18)13-29-16-7-2-1-3-8-16/h1-11H,12-13H2,(H,25,28)(H,26,27). The van der Waals surface area contributed by atoms with E-state index in [1.165, 1.54) is 18.2 Å². The summed E-state index contributed by atoms with van der Waals surface area (Å²) in [5, 5.41) is 4.64. The molecule has 3 aromatic rings. The Kier molecular flexibility index (Phi) is 6.41. The average molecular weight is 418 g/mol. The molecular weight excluding hydrogens is 401 g/mol. The molecule has 0 saturated carbocycles. The number of carbonyl (C=O) groups excluding carboxylic acids is 2. The van der Waals surface area contributed by atoms with Crippen LogP contribution in [0, 0.1) is 0 Å². The summed E-state index contributed by atoms with van der Waals surface area (Å²) >= 11 is 0. The van der Waals surface area contributed by atoms with Crippen LogP contribution in [0.5, 0.6) is 5.75 Å². The number of para-hydroxylation sites is 1. The van der Waals surface area contributed by atoms with Crippen LogP contribution in [-0.4, -0.2) is 18.4 Å². The molecule has 3 rings (SSSR count). The molecule has 0 radical (unpaired) electrons. The molecule has 0 atom stereocenters. The van der Waals surface area contributed by atoms with Crippen LogP contribution in [0.3, 0.4) is 0 Å². The van der Waals surface area contributed by atoms with Crippen molar-refractivity contribution in [2.75, 3.05) is 11.9 Å². The molecule has 1 aromatic heterocycles. The minimum atomic E-state index is -4.52. The third-order valence-electron chi connectivity index (χ3n) is 3.89. The van der Waals surface area contributed by atoms with Gasteiger partial charge in [-0.05, 0) is 42.5 Å². The van der Waals surface area contributed by atoms with E-state index in [4.69, 9.17) is 9.15 Å². The normalized spacial score (nSPS) is 11.0. The molecule has 0 saturated heterocycles. The third kappa shape index (κ3) is 5.87. The number of anilines is 1. The van der Waals surface area contributed by atoms with Crippen LogP contribution in [0.4, 0.5) is 18.9 Å². The van der Waals surface area contributed by atoms with E-state index >= 15 is 0 Å². The number of amides is 2. The average Bonchev–Trinajstić information content (AvgIpc) is 3.20. The SMILES string of the molecule is O=C(CNC(=O)c1ccc(COc2ccccc2)o1)Nc1cccc(C(F)(F)F)c1. The molecular formula is C21H17F3N2O4. The highest BCUT2D eigenvalue weighted by molar-refractivity contribution is 5.98. The monoisotopic (exact) mass is 418 g/mol. The Morgan fingerprint density at radius 3 is 2.47 bits per heavy atom. The Hall–Kier alpha value is -3.75. The van der Waals surface area contributed by atoms with Gasteiger partial charge in [-0.3, -0.25) is 9.59 Å². The molecule has 0 aliphatic heterocycles. The number of benzene rings is 2. The van der Waals surface area contributed by atoms with Crippen LogP contribution in [0.15, 0.2) is 71.1 Å². The van der Waals surface area contributed by atoms with Crippen LogP contribution in [0.25, 0.3) is 0 Å². The highest BCUT2D eigenvalue weighted by Gasteiger charge is 2.30. The highest BCUT2D eigenvalue weighted by Crippen LogP contribution is 2.30. The van der Waals surface area contributed by atoms with Gasteiger partial charge in [0.05, 0.1) is 12.1 Å². The van der Waals surface area contributed by atoms with Crippen molar-refractivity contribution in [3.05, 3.63) is 83.8 Å². The molecule has 1 heterocycles. The zero-order chi connectivity index (χ0) is 21.6. The lowest BCUT2D eigenvalue weighted by Gasteiger charge is -2.10. The number of alkyl halides is 3. The number of furan rings is 1. The zero-order valence-electron chi connectivity index (χ0n) is 15.5. The van der Waals surface area contributed by atoms with Crippen LogP contribution in [0.2, 0.25) is 0 Å². The molecule has 30 heavy (non-hydrogen) atoms. The van der Waals surface area contributed by atoms with Crippen molar-refractivity contribution >= 4 is 17.5 Å². The molecule has 9 heteroatoms. The smallest absolute Gasteiger partial charge is 0.416 e. The van der Waals surface area contributed by atoms with E-state index in [2.05, 4.69) is 10.6 Å². The van der Waals surface area contributed by atoms with Crippen LogP contribution >= 0.6 is 0 Å². The fourth-order valence-corrected chi connectivity index (χ4v) is 2.47. The number of carbonyl (C=O) groups is 2. The summed E-state index contributed by atoms with van der Waals surface area (Å²) < 4.78 is 49.0. The van der Waals surface area contributed by atoms with Gasteiger partial charge in [0.2, 0.25) is 5.91 Å². The highest BCUT2D eigenvalue weighted by atomic mass is 19.4. The van der Waals surface area contributed by atoms with Gasteiger partial charge in [-0.15, -0.1) is 0 Å². The van der Waals surface area contributed by atoms with Crippen LogP contribution in [0.1, 0.15) is 21.9 Å². The maximum Gasteiger partial charge on any atom is 0.416 e. The van der Waals surface area contributed by atoms with Crippen LogP contribution in [-0.2, 0) is 17.6 Å². The number of ether oxygens (including phenoxy) is 1. The minimum Gasteiger partial charge on any atom is -0.486 e. The predicted octanol–water partition coefficient (Wildman–Crippen LogP) is 4.25. The molecule has 0 unspecified atom stereocenters. The lowest BCUT2D eigenvalue weighted by molar-refractivity contribution is -0.137. The molecule has 2 aromatic carbocycles. The Bertz CT molecular complexity index is 1020. The van der Waals surface area contributed by atoms with E-state index in [9.17, 15) is 22.8 Å². The minimum absolute atomic E-state index is 0.0199. The van der Waals surface area contributed by atoms with E-state index in [0.29, 0.717) is 11.5 Å². The van der Waals surface area contributed by atoms with Crippen LogP contribution < -0.4 is 15.4 Å². The fraction of sp³-hybridized carbons (Fsp3) is 0.143. The number of rotatable bonds is 7. The summed E-state index contributed by atoms with van der Waals surface area (Å²) in [6.07, 6.45) is -4.52. The number of nitrogens with one attached hydrogen (secondary N) is 2. The van der Waals surface area contributed by atoms with E-state index in [-0.39, 0.29) is 18.1 Å². The lowest BCUT2D eigenvalue weighted by Crippen LogP contribution is -2.32. The molecule has 2 N–H and O–H groups in total. The first kappa shape index (κ1) is 21.0. The maximum absolute atomic E-state index is 12.7. The quantitative estimate of drug-likeness (QED) is 0.601. The largest absolute Gasteiger partial charge is 0.486 e. The first-order chi connectivity index (χ1) is 14.3. The summed E-state index contributed by atoms with van der Waals surface area (Å²) in [6, 6.07) is 16.3. The van der Waals surface area contributed by atoms with Gasteiger partial charge in [0.1, 0.15) is 18.1 Å². The van der Waals surface area contributed by atoms with Gasteiger partial charge in [0.25, 0.3) is 5.91 Å². The van der Waals surface area contributed by atoms with E-state index in [1.54, 1.807) is 18.2 Å². The van der Waals surface area contributed by atoms with Gasteiger partial charge in [-0.2, -0.15) is 13.2 Å². The summed E-state index contributed by atoms with van der Waals surface area (Å²) in [5.74, 6) is -0.279. The molecule has 0 aliphatic carbocycles. The van der Waals surface area contributed by atoms with Gasteiger partial charge in [0.15, 0.2) is 5.76 Å². The van der Waals surface area contributed by atoms with Crippen molar-refractivity contribution in [2.45, 2.75) is 12.8 Å². The maximum atomic E-state index is 12.7. The van der Waals surface area contributed by atoms with Crippen molar-refractivity contribution in [1.29, 1.82) is 0 Å². The Morgan fingerprint density at radius 1 is 0.967 bits per heavy atom. The summed E-state index contributed by atoms with van der Waals surface area (Å²) in [7, 11) is 0. The summed E-state index contributed by atoms with van der Waals surface area (Å²) in [5.41, 5.74) is -0.910. The molecule has 0 bridgehead atoms. The first-order valence-corrected chi connectivity index (χ1v) is 8.83. The van der Waals surface area contributed by atoms with Crippen molar-refractivity contribution < 1.29 is 31.9 Å². The Labute approximate surface area is 169 Å². The fourth-order valence-electron chi connectivity index (χ4n) is 2.47. The molecule has 0 fully saturated rings. The third-order valence-corrected chi connectivity index (χ3v) is 3.89. The van der Waals surface area contributed by atoms with Crippen molar-refractivity contribution in [3.8, 4) is 5.75 Å². The molecule has 6 nitrogen and oxygen atoms in total. The molecule has 0 aliphatic rings. The second kappa shape index (κ2) is 9.17. The van der Waals surface area contributed by atoms with Gasteiger partial charge in [0, 0.05) is 5.69 Å². The van der Waals surface area contributed by atoms with Crippen molar-refractivity contribution in [1.82, 2.24) is 5.32 Å². The summed E-state index contributed by atoms with van der Waals surface area (Å²) in [6.45, 7) is -0.320. The number of hydrogen-bond acceptors (Lipinski definition) is 4. The second-order valence-corrected chi connectivity index (χ2v) is 6.18. The summed E-state index contributed by atoms with van der Waals surface area (Å²) in [4.78, 5) is 24.0. The van der Waals surface area contributed by atoms with E-state index in [0.717, 1.165) is 12.1 Å². The van der Waals surface area contributed by atoms with Gasteiger partial charge >= 0.3 is 6.18 Å². The van der Waals surface area contributed by atoms with E-state index in [1.807, 2.05) is 18.2 Å². The van der Waals surface area contributed by atoms with E-state index < -0.39 is 30.1 Å². The lowest BCUT2D eigenvalue weighted by atomic mass is 10.2. The number of hydrogen-bond donors (Lipinski definition) is 2. The second-order valence-electron chi connectivity index (χ2n) is 6.18. The zero-order valence-corrected chi connectivity index (χ0v) is 15.5. The van der Waals surface area contributed by atoms with Gasteiger partial charge in [-0.25, -0.2) is 0 Å². The Balaban J connectivity index is 1.48. The Morgan fingerprint density at radius 2 is 1.73 bits per heavy atom. The van der Waals surface area contributed by atoms with Crippen molar-refractivity contribution in [3.63, 3.8) is 0 Å². The molecule has 156 valence electrons. The number of halogens is 3. The topological polar surface area (TPSA) is 80.6 Å². The first-order valence-electron chi connectivity index (χ1n) is 8.83. The molecule has 0 spiro atoms. The predicted molar refractivity (Wildman–Crippen MR) is 102 cm³/mol.